The van der Waals surface area contributed by atoms with Crippen LogP contribution in [0.5, 0.6) is 11.5 Å². The van der Waals surface area contributed by atoms with E-state index in [0.717, 1.165) is 44.7 Å². The molecule has 1 aliphatic heterocycles. The minimum absolute atomic E-state index is 0.257. The summed E-state index contributed by atoms with van der Waals surface area (Å²) in [6.07, 6.45) is 0. The molecule has 4 nitrogen and oxygen atoms in total. The van der Waals surface area contributed by atoms with E-state index in [0.29, 0.717) is 0 Å². The molecule has 0 amide bonds. The van der Waals surface area contributed by atoms with Crippen LogP contribution in [0.4, 0.5) is 11.4 Å². The second-order valence-corrected chi connectivity index (χ2v) is 5.72. The zero-order valence-electron chi connectivity index (χ0n) is 12.8. The average molecular weight is 314 g/mol. The van der Waals surface area contributed by atoms with Gasteiger partial charge in [0.05, 0.1) is 16.7 Å². The Kier molecular flexibility index (Phi) is 2.82. The molecule has 1 aliphatic rings. The molecule has 0 bridgehead atoms. The van der Waals surface area contributed by atoms with Gasteiger partial charge in [0, 0.05) is 22.5 Å². The zero-order chi connectivity index (χ0) is 15.9. The number of benzene rings is 3. The third-order valence-electron chi connectivity index (χ3n) is 4.22. The normalized spacial score (nSPS) is 12.7. The summed E-state index contributed by atoms with van der Waals surface area (Å²) in [7, 11) is 0. The molecule has 24 heavy (non-hydrogen) atoms. The van der Waals surface area contributed by atoms with Crippen LogP contribution in [0.1, 0.15) is 0 Å². The summed E-state index contributed by atoms with van der Waals surface area (Å²) >= 11 is 0. The standard InChI is InChI=1S/C20H14N2O2/c1-2-6-13(7-3-1)21-20-14-8-4-5-9-16(14)22-17-11-19-18(10-15(17)20)23-12-24-19/h1-11H,12H2,(H,21,22). The Balaban J connectivity index is 1.82. The molecule has 0 radical (unpaired) electrons. The van der Waals surface area contributed by atoms with Gasteiger partial charge in [-0.15, -0.1) is 0 Å². The largest absolute Gasteiger partial charge is 0.454 e. The number of fused-ring (bicyclic) bond motifs is 3. The molecule has 5 rings (SSSR count). The summed E-state index contributed by atoms with van der Waals surface area (Å²) in [6.45, 7) is 0.257. The third-order valence-corrected chi connectivity index (χ3v) is 4.22. The Morgan fingerprint density at radius 2 is 1.50 bits per heavy atom. The van der Waals surface area contributed by atoms with Gasteiger partial charge in [-0.05, 0) is 24.3 Å². The lowest BCUT2D eigenvalue weighted by Crippen LogP contribution is -1.95. The van der Waals surface area contributed by atoms with E-state index in [4.69, 9.17) is 14.5 Å². The Morgan fingerprint density at radius 1 is 0.750 bits per heavy atom. The molecule has 0 spiro atoms. The van der Waals surface area contributed by atoms with E-state index in [1.807, 2.05) is 60.7 Å². The molecular formula is C20H14N2O2. The van der Waals surface area contributed by atoms with E-state index in [1.54, 1.807) is 0 Å². The second kappa shape index (κ2) is 5.13. The number of hydrogen-bond acceptors (Lipinski definition) is 4. The molecule has 0 aliphatic carbocycles. The lowest BCUT2D eigenvalue weighted by molar-refractivity contribution is 0.174. The molecule has 4 aromatic rings. The van der Waals surface area contributed by atoms with Crippen LogP contribution in [0, 0.1) is 0 Å². The quantitative estimate of drug-likeness (QED) is 0.537. The Hall–Kier alpha value is -3.27. The predicted octanol–water partition coefficient (Wildman–Crippen LogP) is 4.86. The van der Waals surface area contributed by atoms with Gasteiger partial charge in [-0.25, -0.2) is 4.98 Å². The maximum atomic E-state index is 5.55. The second-order valence-electron chi connectivity index (χ2n) is 5.72. The average Bonchev–Trinajstić information content (AvgIpc) is 3.08. The predicted molar refractivity (Wildman–Crippen MR) is 95.1 cm³/mol. The first-order valence-electron chi connectivity index (χ1n) is 7.83. The van der Waals surface area contributed by atoms with Crippen LogP contribution in [0.15, 0.2) is 66.7 Å². The van der Waals surface area contributed by atoms with Crippen LogP contribution in [-0.2, 0) is 0 Å². The minimum Gasteiger partial charge on any atom is -0.454 e. The molecule has 0 saturated carbocycles. The topological polar surface area (TPSA) is 43.4 Å². The van der Waals surface area contributed by atoms with Crippen molar-refractivity contribution >= 4 is 33.2 Å². The summed E-state index contributed by atoms with van der Waals surface area (Å²) in [5.41, 5.74) is 3.89. The number of nitrogens with zero attached hydrogens (tertiary/aromatic N) is 1. The van der Waals surface area contributed by atoms with Crippen molar-refractivity contribution in [2.24, 2.45) is 0 Å². The highest BCUT2D eigenvalue weighted by molar-refractivity contribution is 6.09. The maximum absolute atomic E-state index is 5.55. The van der Waals surface area contributed by atoms with E-state index in [9.17, 15) is 0 Å². The molecule has 1 aromatic heterocycles. The van der Waals surface area contributed by atoms with E-state index in [-0.39, 0.29) is 6.79 Å². The van der Waals surface area contributed by atoms with Crippen molar-refractivity contribution in [2.45, 2.75) is 0 Å². The number of anilines is 2. The summed E-state index contributed by atoms with van der Waals surface area (Å²) in [6, 6.07) is 22.2. The smallest absolute Gasteiger partial charge is 0.231 e. The number of pyridine rings is 1. The van der Waals surface area contributed by atoms with Crippen molar-refractivity contribution in [1.82, 2.24) is 4.98 Å². The lowest BCUT2D eigenvalue weighted by Gasteiger charge is -2.13. The third kappa shape index (κ3) is 2.04. The first-order valence-corrected chi connectivity index (χ1v) is 7.83. The lowest BCUT2D eigenvalue weighted by atomic mass is 10.1. The number of para-hydroxylation sites is 2. The maximum Gasteiger partial charge on any atom is 0.231 e. The van der Waals surface area contributed by atoms with Gasteiger partial charge in [0.25, 0.3) is 0 Å². The van der Waals surface area contributed by atoms with Crippen molar-refractivity contribution in [3.8, 4) is 11.5 Å². The van der Waals surface area contributed by atoms with Gasteiger partial charge in [0.2, 0.25) is 6.79 Å². The number of rotatable bonds is 2. The Bertz CT molecular complexity index is 1060. The molecule has 0 atom stereocenters. The number of nitrogens with one attached hydrogen (secondary N) is 1. The summed E-state index contributed by atoms with van der Waals surface area (Å²) < 4.78 is 11.0. The van der Waals surface area contributed by atoms with Gasteiger partial charge < -0.3 is 14.8 Å². The van der Waals surface area contributed by atoms with Crippen LogP contribution < -0.4 is 14.8 Å². The minimum atomic E-state index is 0.257. The molecule has 2 heterocycles. The van der Waals surface area contributed by atoms with Crippen molar-refractivity contribution < 1.29 is 9.47 Å². The fourth-order valence-electron chi connectivity index (χ4n) is 3.08. The molecule has 0 fully saturated rings. The Morgan fingerprint density at radius 3 is 2.38 bits per heavy atom. The molecule has 0 saturated heterocycles. The molecule has 3 aromatic carbocycles. The fourth-order valence-corrected chi connectivity index (χ4v) is 3.08. The van der Waals surface area contributed by atoms with E-state index in [1.165, 1.54) is 0 Å². The van der Waals surface area contributed by atoms with Crippen molar-refractivity contribution in [3.63, 3.8) is 0 Å². The molecule has 116 valence electrons. The first kappa shape index (κ1) is 13.2. The Labute approximate surface area is 138 Å². The first-order chi connectivity index (χ1) is 11.9. The zero-order valence-corrected chi connectivity index (χ0v) is 12.8. The van der Waals surface area contributed by atoms with Crippen LogP contribution in [-0.4, -0.2) is 11.8 Å². The van der Waals surface area contributed by atoms with Crippen molar-refractivity contribution in [1.29, 1.82) is 0 Å². The van der Waals surface area contributed by atoms with Crippen LogP contribution >= 0.6 is 0 Å². The van der Waals surface area contributed by atoms with Crippen LogP contribution in [0.25, 0.3) is 21.8 Å². The summed E-state index contributed by atoms with van der Waals surface area (Å²) in [5.74, 6) is 1.51. The summed E-state index contributed by atoms with van der Waals surface area (Å²) in [4.78, 5) is 4.78. The van der Waals surface area contributed by atoms with Gasteiger partial charge in [0.15, 0.2) is 11.5 Å². The molecular weight excluding hydrogens is 300 g/mol. The monoisotopic (exact) mass is 314 g/mol. The van der Waals surface area contributed by atoms with Gasteiger partial charge in [-0.3, -0.25) is 0 Å². The van der Waals surface area contributed by atoms with Crippen molar-refractivity contribution in [2.75, 3.05) is 12.1 Å². The van der Waals surface area contributed by atoms with Gasteiger partial charge in [-0.1, -0.05) is 36.4 Å². The summed E-state index contributed by atoms with van der Waals surface area (Å²) in [5, 5.41) is 5.64. The molecule has 0 unspecified atom stereocenters. The molecule has 4 heteroatoms. The van der Waals surface area contributed by atoms with Crippen molar-refractivity contribution in [3.05, 3.63) is 66.7 Å². The van der Waals surface area contributed by atoms with Gasteiger partial charge >= 0.3 is 0 Å². The number of ether oxygens (including phenoxy) is 2. The van der Waals surface area contributed by atoms with Gasteiger partial charge in [-0.2, -0.15) is 0 Å². The van der Waals surface area contributed by atoms with E-state index in [2.05, 4.69) is 11.4 Å². The van der Waals surface area contributed by atoms with E-state index < -0.39 is 0 Å². The van der Waals surface area contributed by atoms with Gasteiger partial charge in [0.1, 0.15) is 0 Å². The fraction of sp³-hybridized carbons (Fsp3) is 0.0500. The number of hydrogen-bond donors (Lipinski definition) is 1. The highest BCUT2D eigenvalue weighted by Crippen LogP contribution is 2.41. The van der Waals surface area contributed by atoms with E-state index >= 15 is 0 Å². The molecule has 1 N–H and O–H groups in total. The van der Waals surface area contributed by atoms with Crippen LogP contribution in [0.2, 0.25) is 0 Å². The SMILES string of the molecule is c1ccc(Nc2c3ccccc3nc3cc4c(cc23)OCO4)cc1. The van der Waals surface area contributed by atoms with Crippen LogP contribution in [0.3, 0.4) is 0 Å². The highest BCUT2D eigenvalue weighted by Gasteiger charge is 2.18. The number of aromatic nitrogens is 1. The highest BCUT2D eigenvalue weighted by atomic mass is 16.7.